The molecular formula is C11H12ClFO4S. The SMILES string of the molecule is CCC(C)S(=O)(=O)c1cc(Cl)cc(C(=O)O)c1F. The lowest BCUT2D eigenvalue weighted by Gasteiger charge is -2.12. The summed E-state index contributed by atoms with van der Waals surface area (Å²) in [5.41, 5.74) is -0.746. The molecule has 0 saturated heterocycles. The molecule has 0 saturated carbocycles. The fraction of sp³-hybridized carbons (Fsp3) is 0.364. The van der Waals surface area contributed by atoms with Crippen molar-refractivity contribution in [3.8, 4) is 0 Å². The minimum absolute atomic E-state index is 0.129. The standard InChI is InChI=1S/C11H12ClFO4S/c1-3-6(2)18(16,17)9-5-7(12)4-8(10(9)13)11(14)15/h4-6H,3H2,1-2H3,(H,14,15). The van der Waals surface area contributed by atoms with Gasteiger partial charge >= 0.3 is 5.97 Å². The molecule has 7 heteroatoms. The van der Waals surface area contributed by atoms with Crippen molar-refractivity contribution in [3.63, 3.8) is 0 Å². The van der Waals surface area contributed by atoms with E-state index in [1.807, 2.05) is 0 Å². The normalized spacial score (nSPS) is 13.3. The Balaban J connectivity index is 3.57. The number of carboxylic acid groups (broad SMARTS) is 1. The Hall–Kier alpha value is -1.14. The lowest BCUT2D eigenvalue weighted by Crippen LogP contribution is -2.19. The highest BCUT2D eigenvalue weighted by Gasteiger charge is 2.28. The number of hydrogen-bond acceptors (Lipinski definition) is 3. The molecule has 1 unspecified atom stereocenters. The van der Waals surface area contributed by atoms with Crippen LogP contribution >= 0.6 is 11.6 Å². The molecule has 0 bridgehead atoms. The van der Waals surface area contributed by atoms with Gasteiger partial charge in [-0.3, -0.25) is 0 Å². The predicted molar refractivity (Wildman–Crippen MR) is 65.3 cm³/mol. The quantitative estimate of drug-likeness (QED) is 0.927. The summed E-state index contributed by atoms with van der Waals surface area (Å²) in [5.74, 6) is -2.83. The highest BCUT2D eigenvalue weighted by Crippen LogP contribution is 2.27. The average Bonchev–Trinajstić information content (AvgIpc) is 2.29. The maximum Gasteiger partial charge on any atom is 0.338 e. The monoisotopic (exact) mass is 294 g/mol. The van der Waals surface area contributed by atoms with E-state index in [0.717, 1.165) is 12.1 Å². The second kappa shape index (κ2) is 5.24. The number of sulfone groups is 1. The molecular weight excluding hydrogens is 283 g/mol. The van der Waals surface area contributed by atoms with Crippen molar-refractivity contribution in [1.82, 2.24) is 0 Å². The van der Waals surface area contributed by atoms with E-state index in [9.17, 15) is 17.6 Å². The van der Waals surface area contributed by atoms with Gasteiger partial charge in [0, 0.05) is 5.02 Å². The Labute approximate surface area is 109 Å². The molecule has 0 aromatic heterocycles. The highest BCUT2D eigenvalue weighted by molar-refractivity contribution is 7.92. The first-order valence-corrected chi connectivity index (χ1v) is 7.10. The van der Waals surface area contributed by atoms with Gasteiger partial charge in [0.2, 0.25) is 0 Å². The third-order valence-corrected chi connectivity index (χ3v) is 5.17. The van der Waals surface area contributed by atoms with Crippen molar-refractivity contribution in [2.24, 2.45) is 0 Å². The third-order valence-electron chi connectivity index (χ3n) is 2.65. The molecule has 100 valence electrons. The molecule has 18 heavy (non-hydrogen) atoms. The molecule has 0 spiro atoms. The van der Waals surface area contributed by atoms with Gasteiger partial charge in [0.25, 0.3) is 0 Å². The number of halogens is 2. The fourth-order valence-electron chi connectivity index (χ4n) is 1.36. The van der Waals surface area contributed by atoms with E-state index < -0.39 is 37.3 Å². The highest BCUT2D eigenvalue weighted by atomic mass is 35.5. The van der Waals surface area contributed by atoms with Crippen LogP contribution in [0, 0.1) is 5.82 Å². The van der Waals surface area contributed by atoms with E-state index in [0.29, 0.717) is 0 Å². The molecule has 0 aliphatic heterocycles. The largest absolute Gasteiger partial charge is 0.478 e. The predicted octanol–water partition coefficient (Wildman–Crippen LogP) is 2.75. The number of hydrogen-bond donors (Lipinski definition) is 1. The number of carbonyl (C=O) groups is 1. The van der Waals surface area contributed by atoms with E-state index in [4.69, 9.17) is 16.7 Å². The molecule has 1 aromatic carbocycles. The van der Waals surface area contributed by atoms with Crippen LogP contribution in [0.25, 0.3) is 0 Å². The van der Waals surface area contributed by atoms with E-state index >= 15 is 0 Å². The van der Waals surface area contributed by atoms with Crippen molar-refractivity contribution in [2.45, 2.75) is 30.4 Å². The summed E-state index contributed by atoms with van der Waals surface area (Å²) < 4.78 is 37.9. The van der Waals surface area contributed by atoms with Crippen LogP contribution in [-0.2, 0) is 9.84 Å². The maximum absolute atomic E-state index is 13.9. The molecule has 0 amide bonds. The molecule has 0 aliphatic rings. The van der Waals surface area contributed by atoms with Gasteiger partial charge in [-0.1, -0.05) is 18.5 Å². The van der Waals surface area contributed by atoms with Crippen LogP contribution in [0.3, 0.4) is 0 Å². The average molecular weight is 295 g/mol. The molecule has 0 fully saturated rings. The number of aromatic carboxylic acids is 1. The summed E-state index contributed by atoms with van der Waals surface area (Å²) in [4.78, 5) is 10.1. The first-order chi connectivity index (χ1) is 8.21. The van der Waals surface area contributed by atoms with Crippen LogP contribution in [0.15, 0.2) is 17.0 Å². The van der Waals surface area contributed by atoms with Gasteiger partial charge in [0.15, 0.2) is 15.7 Å². The summed E-state index contributed by atoms with van der Waals surface area (Å²) in [6, 6.07) is 1.82. The zero-order chi connectivity index (χ0) is 14.1. The van der Waals surface area contributed by atoms with Crippen LogP contribution < -0.4 is 0 Å². The molecule has 0 radical (unpaired) electrons. The molecule has 0 aliphatic carbocycles. The summed E-state index contributed by atoms with van der Waals surface area (Å²) in [7, 11) is -3.92. The first-order valence-electron chi connectivity index (χ1n) is 5.18. The summed E-state index contributed by atoms with van der Waals surface area (Å²) in [6.45, 7) is 3.07. The number of rotatable bonds is 4. The Bertz CT molecular complexity index is 583. The van der Waals surface area contributed by atoms with Crippen LogP contribution in [0.2, 0.25) is 5.02 Å². The van der Waals surface area contributed by atoms with Crippen molar-refractivity contribution >= 4 is 27.4 Å². The lowest BCUT2D eigenvalue weighted by atomic mass is 10.2. The Morgan fingerprint density at radius 1 is 1.50 bits per heavy atom. The van der Waals surface area contributed by atoms with Crippen LogP contribution in [0.4, 0.5) is 4.39 Å². The smallest absolute Gasteiger partial charge is 0.338 e. The fourth-order valence-corrected chi connectivity index (χ4v) is 3.17. The third kappa shape index (κ3) is 2.64. The first kappa shape index (κ1) is 14.9. The number of carboxylic acids is 1. The molecule has 1 aromatic rings. The second-order valence-corrected chi connectivity index (χ2v) is 6.61. The van der Waals surface area contributed by atoms with Gasteiger partial charge in [-0.2, -0.15) is 0 Å². The molecule has 0 heterocycles. The minimum Gasteiger partial charge on any atom is -0.478 e. The zero-order valence-electron chi connectivity index (χ0n) is 9.78. The van der Waals surface area contributed by atoms with Crippen molar-refractivity contribution in [1.29, 1.82) is 0 Å². The molecule has 1 N–H and O–H groups in total. The van der Waals surface area contributed by atoms with E-state index in [-0.39, 0.29) is 11.4 Å². The van der Waals surface area contributed by atoms with Crippen LogP contribution in [0.1, 0.15) is 30.6 Å². The zero-order valence-corrected chi connectivity index (χ0v) is 11.3. The number of benzene rings is 1. The topological polar surface area (TPSA) is 71.4 Å². The van der Waals surface area contributed by atoms with Crippen molar-refractivity contribution < 1.29 is 22.7 Å². The Morgan fingerprint density at radius 2 is 2.06 bits per heavy atom. The summed E-state index contributed by atoms with van der Waals surface area (Å²) in [5, 5.41) is 7.84. The van der Waals surface area contributed by atoms with E-state index in [1.165, 1.54) is 6.92 Å². The van der Waals surface area contributed by atoms with Gasteiger partial charge in [0.1, 0.15) is 4.90 Å². The summed E-state index contributed by atoms with van der Waals surface area (Å²) in [6.07, 6.45) is 0.288. The minimum atomic E-state index is -3.92. The van der Waals surface area contributed by atoms with Gasteiger partial charge in [0.05, 0.1) is 10.8 Å². The van der Waals surface area contributed by atoms with Gasteiger partial charge in [-0.05, 0) is 25.5 Å². The Morgan fingerprint density at radius 3 is 2.50 bits per heavy atom. The molecule has 1 atom stereocenters. The Kier molecular flexibility index (Phi) is 4.34. The van der Waals surface area contributed by atoms with Gasteiger partial charge in [-0.15, -0.1) is 0 Å². The van der Waals surface area contributed by atoms with Crippen molar-refractivity contribution in [3.05, 3.63) is 28.5 Å². The van der Waals surface area contributed by atoms with Gasteiger partial charge < -0.3 is 5.11 Å². The van der Waals surface area contributed by atoms with Crippen LogP contribution in [-0.4, -0.2) is 24.7 Å². The second-order valence-electron chi connectivity index (χ2n) is 3.83. The summed E-state index contributed by atoms with van der Waals surface area (Å²) >= 11 is 5.63. The lowest BCUT2D eigenvalue weighted by molar-refractivity contribution is 0.0691. The van der Waals surface area contributed by atoms with Crippen molar-refractivity contribution in [2.75, 3.05) is 0 Å². The molecule has 4 nitrogen and oxygen atoms in total. The van der Waals surface area contributed by atoms with Gasteiger partial charge in [-0.25, -0.2) is 17.6 Å². The van der Waals surface area contributed by atoms with E-state index in [1.54, 1.807) is 6.92 Å². The van der Waals surface area contributed by atoms with Crippen LogP contribution in [0.5, 0.6) is 0 Å². The maximum atomic E-state index is 13.9. The molecule has 1 rings (SSSR count). The van der Waals surface area contributed by atoms with E-state index in [2.05, 4.69) is 0 Å².